The van der Waals surface area contributed by atoms with Crippen LogP contribution in [-0.2, 0) is 0 Å². The van der Waals surface area contributed by atoms with Crippen LogP contribution in [0.1, 0.15) is 22.8 Å². The van der Waals surface area contributed by atoms with Gasteiger partial charge in [-0.3, -0.25) is 4.79 Å². The molecular formula is C12H13BrF3NO. The summed E-state index contributed by atoms with van der Waals surface area (Å²) in [4.78, 5) is 12.8. The van der Waals surface area contributed by atoms with Crippen molar-refractivity contribution < 1.29 is 18.0 Å². The van der Waals surface area contributed by atoms with Gasteiger partial charge in [-0.2, -0.15) is 13.2 Å². The lowest BCUT2D eigenvalue weighted by Gasteiger charge is -2.23. The lowest BCUT2D eigenvalue weighted by atomic mass is 10.1. The molecule has 1 amide bonds. The molecule has 0 saturated carbocycles. The van der Waals surface area contributed by atoms with Gasteiger partial charge in [-0.15, -0.1) is 0 Å². The van der Waals surface area contributed by atoms with Gasteiger partial charge in [0, 0.05) is 16.6 Å². The molecule has 2 nitrogen and oxygen atoms in total. The summed E-state index contributed by atoms with van der Waals surface area (Å²) >= 11 is 3.20. The van der Waals surface area contributed by atoms with Gasteiger partial charge in [-0.25, -0.2) is 0 Å². The first-order valence-corrected chi connectivity index (χ1v) is 6.16. The molecule has 0 unspecified atom stereocenters. The molecular weight excluding hydrogens is 311 g/mol. The summed E-state index contributed by atoms with van der Waals surface area (Å²) in [6.45, 7) is 2.01. The summed E-state index contributed by atoms with van der Waals surface area (Å²) < 4.78 is 37.7. The summed E-state index contributed by atoms with van der Waals surface area (Å²) in [5, 5.41) is 0. The van der Waals surface area contributed by atoms with Crippen LogP contribution in [0.4, 0.5) is 13.2 Å². The Hall–Kier alpha value is -1.04. The standard InChI is InChI=1S/C12H13BrF3NO/c1-3-17(7-12(14,15)16)11(18)10-6-9(13)5-4-8(10)2/h4-6H,3,7H2,1-2H3. The highest BCUT2D eigenvalue weighted by molar-refractivity contribution is 9.10. The van der Waals surface area contributed by atoms with E-state index in [1.165, 1.54) is 13.0 Å². The van der Waals surface area contributed by atoms with Gasteiger partial charge in [0.2, 0.25) is 0 Å². The molecule has 0 aliphatic rings. The first-order chi connectivity index (χ1) is 8.24. The fourth-order valence-electron chi connectivity index (χ4n) is 1.54. The van der Waals surface area contributed by atoms with Gasteiger partial charge in [0.15, 0.2) is 0 Å². The summed E-state index contributed by atoms with van der Waals surface area (Å²) in [7, 11) is 0. The monoisotopic (exact) mass is 323 g/mol. The fourth-order valence-corrected chi connectivity index (χ4v) is 1.90. The molecule has 0 fully saturated rings. The molecule has 6 heteroatoms. The van der Waals surface area contributed by atoms with Crippen molar-refractivity contribution >= 4 is 21.8 Å². The molecule has 0 heterocycles. The predicted octanol–water partition coefficient (Wildman–Crippen LogP) is 3.78. The zero-order chi connectivity index (χ0) is 13.9. The molecule has 1 rings (SSSR count). The van der Waals surface area contributed by atoms with Crippen LogP contribution in [0.25, 0.3) is 0 Å². The van der Waals surface area contributed by atoms with E-state index in [9.17, 15) is 18.0 Å². The van der Waals surface area contributed by atoms with E-state index in [1.54, 1.807) is 19.1 Å². The Morgan fingerprint density at radius 3 is 2.50 bits per heavy atom. The number of alkyl halides is 3. The first-order valence-electron chi connectivity index (χ1n) is 5.36. The van der Waals surface area contributed by atoms with E-state index < -0.39 is 18.6 Å². The molecule has 0 saturated heterocycles. The maximum atomic E-state index is 12.3. The lowest BCUT2D eigenvalue weighted by Crippen LogP contribution is -2.39. The van der Waals surface area contributed by atoms with Gasteiger partial charge in [-0.1, -0.05) is 22.0 Å². The number of carbonyl (C=O) groups is 1. The molecule has 1 aromatic rings. The first kappa shape index (κ1) is 15.0. The van der Waals surface area contributed by atoms with Gasteiger partial charge in [-0.05, 0) is 31.5 Å². The summed E-state index contributed by atoms with van der Waals surface area (Å²) in [5.41, 5.74) is 0.944. The van der Waals surface area contributed by atoms with Crippen molar-refractivity contribution in [1.82, 2.24) is 4.90 Å². The third-order valence-corrected chi connectivity index (χ3v) is 2.96. The van der Waals surface area contributed by atoms with Crippen LogP contribution in [0.5, 0.6) is 0 Å². The summed E-state index contributed by atoms with van der Waals surface area (Å²) in [6, 6.07) is 4.97. The Morgan fingerprint density at radius 2 is 2.00 bits per heavy atom. The second kappa shape index (κ2) is 5.73. The average molecular weight is 324 g/mol. The van der Waals surface area contributed by atoms with Crippen LogP contribution in [0.3, 0.4) is 0 Å². The van der Waals surface area contributed by atoms with E-state index in [-0.39, 0.29) is 12.1 Å². The Kier molecular flexibility index (Phi) is 4.78. The van der Waals surface area contributed by atoms with Crippen LogP contribution in [0, 0.1) is 6.92 Å². The number of hydrogen-bond acceptors (Lipinski definition) is 1. The highest BCUT2D eigenvalue weighted by Gasteiger charge is 2.32. The highest BCUT2D eigenvalue weighted by Crippen LogP contribution is 2.21. The normalized spacial score (nSPS) is 11.4. The van der Waals surface area contributed by atoms with Crippen LogP contribution >= 0.6 is 15.9 Å². The van der Waals surface area contributed by atoms with E-state index in [2.05, 4.69) is 15.9 Å². The number of carbonyl (C=O) groups excluding carboxylic acids is 1. The Labute approximate surface area is 112 Å². The molecule has 18 heavy (non-hydrogen) atoms. The summed E-state index contributed by atoms with van der Waals surface area (Å²) in [5.74, 6) is -0.603. The van der Waals surface area contributed by atoms with Crippen LogP contribution < -0.4 is 0 Å². The van der Waals surface area contributed by atoms with E-state index in [1.807, 2.05) is 0 Å². The minimum atomic E-state index is -4.38. The van der Waals surface area contributed by atoms with Crippen molar-refractivity contribution in [2.75, 3.05) is 13.1 Å². The third-order valence-electron chi connectivity index (χ3n) is 2.47. The van der Waals surface area contributed by atoms with Crippen molar-refractivity contribution in [3.8, 4) is 0 Å². The molecule has 100 valence electrons. The lowest BCUT2D eigenvalue weighted by molar-refractivity contribution is -0.140. The molecule has 1 aromatic carbocycles. The smallest absolute Gasteiger partial charge is 0.330 e. The zero-order valence-corrected chi connectivity index (χ0v) is 11.6. The van der Waals surface area contributed by atoms with Crippen molar-refractivity contribution in [3.63, 3.8) is 0 Å². The van der Waals surface area contributed by atoms with Crippen molar-refractivity contribution in [3.05, 3.63) is 33.8 Å². The molecule has 0 atom stereocenters. The number of rotatable bonds is 3. The number of hydrogen-bond donors (Lipinski definition) is 0. The number of amides is 1. The number of nitrogens with zero attached hydrogens (tertiary/aromatic N) is 1. The molecule has 0 aromatic heterocycles. The molecule has 0 aliphatic carbocycles. The summed E-state index contributed by atoms with van der Waals surface area (Å²) in [6.07, 6.45) is -4.38. The number of halogens is 4. The highest BCUT2D eigenvalue weighted by atomic mass is 79.9. The molecule has 0 radical (unpaired) electrons. The van der Waals surface area contributed by atoms with Gasteiger partial charge < -0.3 is 4.90 Å². The molecule has 0 aliphatic heterocycles. The van der Waals surface area contributed by atoms with Crippen molar-refractivity contribution in [2.45, 2.75) is 20.0 Å². The molecule has 0 spiro atoms. The van der Waals surface area contributed by atoms with Gasteiger partial charge in [0.05, 0.1) is 0 Å². The van der Waals surface area contributed by atoms with E-state index >= 15 is 0 Å². The van der Waals surface area contributed by atoms with Crippen LogP contribution in [0.15, 0.2) is 22.7 Å². The Bertz CT molecular complexity index is 445. The maximum absolute atomic E-state index is 12.3. The second-order valence-electron chi connectivity index (χ2n) is 3.89. The van der Waals surface area contributed by atoms with Crippen LogP contribution in [0.2, 0.25) is 0 Å². The molecule has 0 bridgehead atoms. The Balaban J connectivity index is 3.00. The van der Waals surface area contributed by atoms with Crippen LogP contribution in [-0.4, -0.2) is 30.1 Å². The quantitative estimate of drug-likeness (QED) is 0.829. The number of benzene rings is 1. The Morgan fingerprint density at radius 1 is 1.39 bits per heavy atom. The fraction of sp³-hybridized carbons (Fsp3) is 0.417. The van der Waals surface area contributed by atoms with E-state index in [4.69, 9.17) is 0 Å². The number of aryl methyl sites for hydroxylation is 1. The average Bonchev–Trinajstić information content (AvgIpc) is 2.27. The van der Waals surface area contributed by atoms with E-state index in [0.29, 0.717) is 10.0 Å². The van der Waals surface area contributed by atoms with Gasteiger partial charge in [0.1, 0.15) is 6.54 Å². The zero-order valence-electron chi connectivity index (χ0n) is 10.0. The third kappa shape index (κ3) is 4.01. The predicted molar refractivity (Wildman–Crippen MR) is 66.5 cm³/mol. The van der Waals surface area contributed by atoms with Gasteiger partial charge in [0.25, 0.3) is 5.91 Å². The topological polar surface area (TPSA) is 20.3 Å². The van der Waals surface area contributed by atoms with E-state index in [0.717, 1.165) is 4.90 Å². The largest absolute Gasteiger partial charge is 0.406 e. The minimum absolute atomic E-state index is 0.0182. The SMILES string of the molecule is CCN(CC(F)(F)F)C(=O)c1cc(Br)ccc1C. The maximum Gasteiger partial charge on any atom is 0.406 e. The van der Waals surface area contributed by atoms with Gasteiger partial charge >= 0.3 is 6.18 Å². The minimum Gasteiger partial charge on any atom is -0.330 e. The van der Waals surface area contributed by atoms with Crippen molar-refractivity contribution in [2.24, 2.45) is 0 Å². The molecule has 0 N–H and O–H groups in total. The second-order valence-corrected chi connectivity index (χ2v) is 4.81. The van der Waals surface area contributed by atoms with Crippen molar-refractivity contribution in [1.29, 1.82) is 0 Å².